The van der Waals surface area contributed by atoms with Crippen LogP contribution in [0.1, 0.15) is 17.3 Å². The van der Waals surface area contributed by atoms with Crippen molar-refractivity contribution in [1.29, 1.82) is 0 Å². The largest absolute Gasteiger partial charge is 0.345 e. The first-order chi connectivity index (χ1) is 14.4. The molecule has 7 nitrogen and oxygen atoms in total. The number of benzene rings is 2. The first kappa shape index (κ1) is 21.9. The van der Waals surface area contributed by atoms with E-state index in [2.05, 4.69) is 15.5 Å². The molecule has 0 fully saturated rings. The molecular weight excluding hydrogens is 422 g/mol. The maximum absolute atomic E-state index is 12.3. The lowest BCUT2D eigenvalue weighted by atomic mass is 10.2. The van der Waals surface area contributed by atoms with Crippen LogP contribution in [-0.2, 0) is 11.3 Å². The van der Waals surface area contributed by atoms with Crippen LogP contribution >= 0.6 is 23.4 Å². The van der Waals surface area contributed by atoms with Crippen LogP contribution in [-0.4, -0.2) is 51.3 Å². The number of carbonyl (C=O) groups excluding carboxylic acids is 2. The maximum Gasteiger partial charge on any atom is 0.253 e. The number of amides is 2. The Balaban J connectivity index is 1.62. The summed E-state index contributed by atoms with van der Waals surface area (Å²) >= 11 is 7.28. The highest BCUT2D eigenvalue weighted by atomic mass is 35.5. The van der Waals surface area contributed by atoms with Crippen molar-refractivity contribution in [2.75, 3.05) is 25.2 Å². The number of nitrogens with one attached hydrogen (secondary N) is 1. The average Bonchev–Trinajstić information content (AvgIpc) is 3.15. The molecule has 9 heteroatoms. The van der Waals surface area contributed by atoms with E-state index in [1.165, 1.54) is 16.7 Å². The molecule has 0 unspecified atom stereocenters. The van der Waals surface area contributed by atoms with Crippen LogP contribution in [0.25, 0.3) is 11.4 Å². The normalized spacial score (nSPS) is 10.7. The SMILES string of the molecule is CCn1c(SCC(=O)Nc2ccc(C(=O)N(C)C)cc2)nnc1-c1ccc(Cl)cc1. The zero-order chi connectivity index (χ0) is 21.7. The Bertz CT molecular complexity index is 1030. The van der Waals surface area contributed by atoms with Gasteiger partial charge in [-0.1, -0.05) is 23.4 Å². The van der Waals surface area contributed by atoms with Gasteiger partial charge < -0.3 is 14.8 Å². The molecule has 2 aromatic carbocycles. The number of rotatable bonds is 7. The molecule has 3 rings (SSSR count). The summed E-state index contributed by atoms with van der Waals surface area (Å²) in [5.74, 6) is 0.680. The summed E-state index contributed by atoms with van der Waals surface area (Å²) in [7, 11) is 3.39. The molecule has 0 aliphatic rings. The molecule has 0 saturated carbocycles. The molecule has 1 aromatic heterocycles. The van der Waals surface area contributed by atoms with Crippen molar-refractivity contribution in [2.24, 2.45) is 0 Å². The predicted octanol–water partition coefficient (Wildman–Crippen LogP) is 4.05. The molecule has 1 N–H and O–H groups in total. The van der Waals surface area contributed by atoms with Crippen LogP contribution in [0, 0.1) is 0 Å². The zero-order valence-electron chi connectivity index (χ0n) is 16.9. The van der Waals surface area contributed by atoms with E-state index in [0.29, 0.717) is 28.0 Å². The van der Waals surface area contributed by atoms with Crippen molar-refractivity contribution >= 4 is 40.9 Å². The monoisotopic (exact) mass is 443 g/mol. The molecule has 0 aliphatic heterocycles. The molecule has 0 aliphatic carbocycles. The summed E-state index contributed by atoms with van der Waals surface area (Å²) in [4.78, 5) is 25.8. The quantitative estimate of drug-likeness (QED) is 0.557. The lowest BCUT2D eigenvalue weighted by molar-refractivity contribution is -0.113. The average molecular weight is 444 g/mol. The van der Waals surface area contributed by atoms with Crippen molar-refractivity contribution in [3.8, 4) is 11.4 Å². The summed E-state index contributed by atoms with van der Waals surface area (Å²) in [6.45, 7) is 2.68. The third-order valence-electron chi connectivity index (χ3n) is 4.29. The van der Waals surface area contributed by atoms with E-state index >= 15 is 0 Å². The Labute approximate surface area is 184 Å². The van der Waals surface area contributed by atoms with Crippen LogP contribution in [0.4, 0.5) is 5.69 Å². The first-order valence-electron chi connectivity index (χ1n) is 9.32. The molecule has 0 saturated heterocycles. The number of halogens is 1. The zero-order valence-corrected chi connectivity index (χ0v) is 18.5. The highest BCUT2D eigenvalue weighted by Crippen LogP contribution is 2.25. The van der Waals surface area contributed by atoms with E-state index in [1.54, 1.807) is 38.4 Å². The smallest absolute Gasteiger partial charge is 0.253 e. The Kier molecular flexibility index (Phi) is 7.12. The van der Waals surface area contributed by atoms with E-state index in [1.807, 2.05) is 35.8 Å². The third kappa shape index (κ3) is 5.20. The molecule has 0 bridgehead atoms. The van der Waals surface area contributed by atoms with Crippen molar-refractivity contribution in [1.82, 2.24) is 19.7 Å². The van der Waals surface area contributed by atoms with Gasteiger partial charge in [0.25, 0.3) is 5.91 Å². The molecule has 0 radical (unpaired) electrons. The number of hydrogen-bond donors (Lipinski definition) is 1. The highest BCUT2D eigenvalue weighted by molar-refractivity contribution is 7.99. The fourth-order valence-corrected chi connectivity index (χ4v) is 3.70. The minimum atomic E-state index is -0.162. The fraction of sp³-hybridized carbons (Fsp3) is 0.238. The van der Waals surface area contributed by atoms with Crippen LogP contribution in [0.15, 0.2) is 53.7 Å². The Morgan fingerprint density at radius 3 is 2.33 bits per heavy atom. The van der Waals surface area contributed by atoms with Crippen LogP contribution in [0.3, 0.4) is 0 Å². The van der Waals surface area contributed by atoms with Crippen LogP contribution < -0.4 is 5.32 Å². The third-order valence-corrected chi connectivity index (χ3v) is 5.51. The Morgan fingerprint density at radius 2 is 1.73 bits per heavy atom. The molecule has 0 atom stereocenters. The summed E-state index contributed by atoms with van der Waals surface area (Å²) < 4.78 is 1.96. The molecular formula is C21H22ClN5O2S. The van der Waals surface area contributed by atoms with E-state index in [0.717, 1.165) is 11.4 Å². The molecule has 2 amide bonds. The summed E-state index contributed by atoms with van der Waals surface area (Å²) in [6, 6.07) is 14.2. The Morgan fingerprint density at radius 1 is 1.07 bits per heavy atom. The lowest BCUT2D eigenvalue weighted by Crippen LogP contribution is -2.21. The van der Waals surface area contributed by atoms with E-state index in [-0.39, 0.29) is 17.6 Å². The molecule has 0 spiro atoms. The fourth-order valence-electron chi connectivity index (χ4n) is 2.77. The summed E-state index contributed by atoms with van der Waals surface area (Å²) in [5.41, 5.74) is 2.12. The number of hydrogen-bond acceptors (Lipinski definition) is 5. The van der Waals surface area contributed by atoms with Gasteiger partial charge >= 0.3 is 0 Å². The van der Waals surface area contributed by atoms with Crippen molar-refractivity contribution in [3.05, 3.63) is 59.1 Å². The standard InChI is InChI=1S/C21H22ClN5O2S/c1-4-27-19(14-5-9-16(22)10-6-14)24-25-21(27)30-13-18(28)23-17-11-7-15(8-12-17)20(29)26(2)3/h5-12H,4,13H2,1-3H3,(H,23,28). The maximum atomic E-state index is 12.3. The molecule has 30 heavy (non-hydrogen) atoms. The minimum absolute atomic E-state index is 0.0844. The van der Waals surface area contributed by atoms with Gasteiger partial charge in [0.15, 0.2) is 11.0 Å². The highest BCUT2D eigenvalue weighted by Gasteiger charge is 2.15. The van der Waals surface area contributed by atoms with Gasteiger partial charge in [0.05, 0.1) is 5.75 Å². The first-order valence-corrected chi connectivity index (χ1v) is 10.7. The van der Waals surface area contributed by atoms with Gasteiger partial charge in [-0.25, -0.2) is 0 Å². The number of anilines is 1. The van der Waals surface area contributed by atoms with Crippen LogP contribution in [0.5, 0.6) is 0 Å². The van der Waals surface area contributed by atoms with Gasteiger partial charge in [-0.2, -0.15) is 0 Å². The Hall–Kier alpha value is -2.84. The van der Waals surface area contributed by atoms with E-state index < -0.39 is 0 Å². The summed E-state index contributed by atoms with van der Waals surface area (Å²) in [5, 5.41) is 12.7. The second-order valence-electron chi connectivity index (χ2n) is 6.67. The van der Waals surface area contributed by atoms with Gasteiger partial charge in [-0.15, -0.1) is 10.2 Å². The van der Waals surface area contributed by atoms with Crippen LogP contribution in [0.2, 0.25) is 5.02 Å². The predicted molar refractivity (Wildman–Crippen MR) is 120 cm³/mol. The second-order valence-corrected chi connectivity index (χ2v) is 8.05. The second kappa shape index (κ2) is 9.77. The van der Waals surface area contributed by atoms with E-state index in [4.69, 9.17) is 11.6 Å². The number of aromatic nitrogens is 3. The number of thioether (sulfide) groups is 1. The topological polar surface area (TPSA) is 80.1 Å². The van der Waals surface area contributed by atoms with Gasteiger partial charge in [0.2, 0.25) is 5.91 Å². The van der Waals surface area contributed by atoms with Gasteiger partial charge in [-0.3, -0.25) is 9.59 Å². The number of nitrogens with zero attached hydrogens (tertiary/aromatic N) is 4. The number of carbonyl (C=O) groups is 2. The minimum Gasteiger partial charge on any atom is -0.345 e. The van der Waals surface area contributed by atoms with Gasteiger partial charge in [0.1, 0.15) is 0 Å². The summed E-state index contributed by atoms with van der Waals surface area (Å²) in [6.07, 6.45) is 0. The van der Waals surface area contributed by atoms with Crippen molar-refractivity contribution in [3.63, 3.8) is 0 Å². The van der Waals surface area contributed by atoms with Gasteiger partial charge in [0, 0.05) is 42.5 Å². The van der Waals surface area contributed by atoms with Crippen molar-refractivity contribution in [2.45, 2.75) is 18.6 Å². The van der Waals surface area contributed by atoms with E-state index in [9.17, 15) is 9.59 Å². The molecule has 1 heterocycles. The lowest BCUT2D eigenvalue weighted by Gasteiger charge is -2.11. The molecule has 3 aromatic rings. The van der Waals surface area contributed by atoms with Crippen molar-refractivity contribution < 1.29 is 9.59 Å². The molecule has 156 valence electrons. The van der Waals surface area contributed by atoms with Gasteiger partial charge in [-0.05, 0) is 55.5 Å².